The molecule has 11 aromatic rings. The molecule has 7 aromatic carbocycles. The van der Waals surface area contributed by atoms with Crippen LogP contribution in [0, 0.1) is 0 Å². The standard InChI is InChI=1S/C58H40N2O2S2/c1-61-49-35-44(56-52(40-23-9-4-10-24-40)54(42-27-13-6-14-28-42)58(64-56)48-34-32-38-20-16-18-30-46(38)60-48)50(62-2)36-43(49)55-51(39-21-7-3-8-22-39)53(41-25-11-5-12-26-41)57(63-55)47-33-31-37-19-15-17-29-45(37)59-47/h3-36H,1-2H3. The van der Waals surface area contributed by atoms with Crippen LogP contribution >= 0.6 is 22.7 Å². The van der Waals surface area contributed by atoms with Gasteiger partial charge in [-0.3, -0.25) is 0 Å². The van der Waals surface area contributed by atoms with E-state index in [9.17, 15) is 0 Å². The molecule has 6 heteroatoms. The van der Waals surface area contributed by atoms with E-state index in [4.69, 9.17) is 19.4 Å². The summed E-state index contributed by atoms with van der Waals surface area (Å²) < 4.78 is 13.0. The first-order valence-corrected chi connectivity index (χ1v) is 22.8. The number of rotatable bonds is 10. The van der Waals surface area contributed by atoms with Crippen LogP contribution in [0.5, 0.6) is 11.5 Å². The Labute approximate surface area is 380 Å². The van der Waals surface area contributed by atoms with Crippen molar-refractivity contribution in [3.05, 3.63) is 206 Å². The molecule has 0 aliphatic carbocycles. The largest absolute Gasteiger partial charge is 0.496 e. The predicted molar refractivity (Wildman–Crippen MR) is 269 cm³/mol. The van der Waals surface area contributed by atoms with Crippen LogP contribution in [0.3, 0.4) is 0 Å². The van der Waals surface area contributed by atoms with Crippen molar-refractivity contribution in [2.75, 3.05) is 14.2 Å². The molecule has 0 aliphatic rings. The van der Waals surface area contributed by atoms with Crippen LogP contribution in [-0.4, -0.2) is 24.2 Å². The number of methoxy groups -OCH3 is 2. The Hall–Kier alpha value is -7.64. The number of benzene rings is 7. The topological polar surface area (TPSA) is 44.2 Å². The maximum absolute atomic E-state index is 6.50. The van der Waals surface area contributed by atoms with Crippen molar-refractivity contribution in [3.63, 3.8) is 0 Å². The summed E-state index contributed by atoms with van der Waals surface area (Å²) in [5.74, 6) is 1.48. The molecule has 0 spiro atoms. The van der Waals surface area contributed by atoms with Gasteiger partial charge in [-0.1, -0.05) is 170 Å². The summed E-state index contributed by atoms with van der Waals surface area (Å²) in [6, 6.07) is 72.2. The van der Waals surface area contributed by atoms with Gasteiger partial charge in [0.05, 0.1) is 46.4 Å². The van der Waals surface area contributed by atoms with Crippen molar-refractivity contribution in [2.45, 2.75) is 0 Å². The fraction of sp³-hybridized carbons (Fsp3) is 0.0345. The summed E-state index contributed by atoms with van der Waals surface area (Å²) >= 11 is 3.48. The van der Waals surface area contributed by atoms with Crippen molar-refractivity contribution in [3.8, 4) is 98.0 Å². The first-order valence-electron chi connectivity index (χ1n) is 21.2. The quantitative estimate of drug-likeness (QED) is 0.137. The lowest BCUT2D eigenvalue weighted by Crippen LogP contribution is -1.94. The van der Waals surface area contributed by atoms with Gasteiger partial charge in [-0.25, -0.2) is 9.97 Å². The average Bonchev–Trinajstić information content (AvgIpc) is 3.97. The lowest BCUT2D eigenvalue weighted by molar-refractivity contribution is 0.406. The van der Waals surface area contributed by atoms with Crippen molar-refractivity contribution in [2.24, 2.45) is 0 Å². The van der Waals surface area contributed by atoms with E-state index in [1.807, 2.05) is 12.1 Å². The molecule has 0 unspecified atom stereocenters. The van der Waals surface area contributed by atoms with Crippen LogP contribution in [0.25, 0.3) is 108 Å². The first-order chi connectivity index (χ1) is 31.7. The van der Waals surface area contributed by atoms with Gasteiger partial charge in [0.25, 0.3) is 0 Å². The number of hydrogen-bond acceptors (Lipinski definition) is 6. The lowest BCUT2D eigenvalue weighted by Gasteiger charge is -2.17. The number of para-hydroxylation sites is 2. The molecule has 4 heterocycles. The minimum absolute atomic E-state index is 0.742. The molecule has 0 saturated heterocycles. The molecule has 0 fully saturated rings. The molecular weight excluding hydrogens is 821 g/mol. The molecule has 0 radical (unpaired) electrons. The van der Waals surface area contributed by atoms with Gasteiger partial charge < -0.3 is 9.47 Å². The van der Waals surface area contributed by atoms with Crippen molar-refractivity contribution >= 4 is 44.5 Å². The molecule has 64 heavy (non-hydrogen) atoms. The Morgan fingerprint density at radius 2 is 0.641 bits per heavy atom. The fourth-order valence-corrected chi connectivity index (χ4v) is 11.4. The molecule has 0 amide bonds. The highest BCUT2D eigenvalue weighted by atomic mass is 32.1. The second-order valence-electron chi connectivity index (χ2n) is 15.5. The number of hydrogen-bond donors (Lipinski definition) is 0. The Morgan fingerprint density at radius 1 is 0.328 bits per heavy atom. The maximum atomic E-state index is 6.50. The third-order valence-electron chi connectivity index (χ3n) is 11.7. The molecule has 0 bridgehead atoms. The van der Waals surface area contributed by atoms with E-state index >= 15 is 0 Å². The molecule has 0 atom stereocenters. The Kier molecular flexibility index (Phi) is 10.4. The van der Waals surface area contributed by atoms with Crippen LogP contribution in [0.2, 0.25) is 0 Å². The van der Waals surface area contributed by atoms with Crippen LogP contribution in [0.4, 0.5) is 0 Å². The Bertz CT molecular complexity index is 3220. The van der Waals surface area contributed by atoms with E-state index in [1.54, 1.807) is 36.9 Å². The van der Waals surface area contributed by atoms with Gasteiger partial charge in [-0.05, 0) is 58.7 Å². The molecule has 4 aromatic heterocycles. The minimum Gasteiger partial charge on any atom is -0.496 e. The summed E-state index contributed by atoms with van der Waals surface area (Å²) in [6.07, 6.45) is 0. The summed E-state index contributed by atoms with van der Waals surface area (Å²) in [6.45, 7) is 0. The zero-order valence-corrected chi connectivity index (χ0v) is 36.8. The molecular formula is C58H40N2O2S2. The van der Waals surface area contributed by atoms with Gasteiger partial charge in [0.15, 0.2) is 0 Å². The lowest BCUT2D eigenvalue weighted by atomic mass is 9.90. The van der Waals surface area contributed by atoms with Crippen LogP contribution in [0.1, 0.15) is 0 Å². The van der Waals surface area contributed by atoms with Gasteiger partial charge >= 0.3 is 0 Å². The highest BCUT2D eigenvalue weighted by Gasteiger charge is 2.30. The SMILES string of the molecule is COc1cc(-c2sc(-c3ccc4ccccc4n3)c(-c3ccccc3)c2-c2ccccc2)c(OC)cc1-c1sc(-c2ccc3ccccc3n2)c(-c2ccccc2)c1-c1ccccc1. The zero-order chi connectivity index (χ0) is 43.0. The number of thiophene rings is 2. The number of nitrogens with zero attached hydrogens (tertiary/aromatic N) is 2. The van der Waals surface area contributed by atoms with Crippen molar-refractivity contribution in [1.29, 1.82) is 0 Å². The van der Waals surface area contributed by atoms with Crippen LogP contribution in [0.15, 0.2) is 206 Å². The fourth-order valence-electron chi connectivity index (χ4n) is 8.76. The Balaban J connectivity index is 1.19. The highest BCUT2D eigenvalue weighted by Crippen LogP contribution is 2.58. The van der Waals surface area contributed by atoms with Gasteiger partial charge in [-0.2, -0.15) is 0 Å². The van der Waals surface area contributed by atoms with Gasteiger partial charge in [0, 0.05) is 53.9 Å². The highest BCUT2D eigenvalue weighted by molar-refractivity contribution is 7.20. The molecule has 0 aliphatic heterocycles. The second kappa shape index (κ2) is 16.9. The van der Waals surface area contributed by atoms with Gasteiger partial charge in [0.2, 0.25) is 0 Å². The first kappa shape index (κ1) is 39.2. The van der Waals surface area contributed by atoms with E-state index < -0.39 is 0 Å². The maximum Gasteiger partial charge on any atom is 0.128 e. The molecule has 306 valence electrons. The van der Waals surface area contributed by atoms with E-state index in [0.717, 1.165) is 120 Å². The number of fused-ring (bicyclic) bond motifs is 2. The van der Waals surface area contributed by atoms with Crippen LogP contribution in [-0.2, 0) is 0 Å². The molecule has 11 rings (SSSR count). The summed E-state index contributed by atoms with van der Waals surface area (Å²) in [7, 11) is 3.53. The molecule has 4 nitrogen and oxygen atoms in total. The van der Waals surface area contributed by atoms with E-state index in [2.05, 4.69) is 194 Å². The summed E-state index contributed by atoms with van der Waals surface area (Å²) in [5, 5.41) is 2.21. The summed E-state index contributed by atoms with van der Waals surface area (Å²) in [4.78, 5) is 14.8. The normalized spacial score (nSPS) is 11.3. The Morgan fingerprint density at radius 3 is 0.984 bits per heavy atom. The predicted octanol–water partition coefficient (Wildman–Crippen LogP) is 16.3. The third kappa shape index (κ3) is 7.03. The molecule has 0 N–H and O–H groups in total. The number of aromatic nitrogens is 2. The van der Waals surface area contributed by atoms with Gasteiger partial charge in [0.1, 0.15) is 11.5 Å². The number of ether oxygens (including phenoxy) is 2. The zero-order valence-electron chi connectivity index (χ0n) is 35.2. The second-order valence-corrected chi connectivity index (χ2v) is 17.6. The smallest absolute Gasteiger partial charge is 0.128 e. The van der Waals surface area contributed by atoms with Gasteiger partial charge in [-0.15, -0.1) is 22.7 Å². The monoisotopic (exact) mass is 860 g/mol. The van der Waals surface area contributed by atoms with E-state index in [0.29, 0.717) is 0 Å². The third-order valence-corrected chi connectivity index (χ3v) is 14.2. The van der Waals surface area contributed by atoms with E-state index in [-0.39, 0.29) is 0 Å². The van der Waals surface area contributed by atoms with Crippen LogP contribution < -0.4 is 9.47 Å². The number of pyridine rings is 2. The minimum atomic E-state index is 0.742. The summed E-state index contributed by atoms with van der Waals surface area (Å²) in [5.41, 5.74) is 14.6. The van der Waals surface area contributed by atoms with Crippen molar-refractivity contribution < 1.29 is 9.47 Å². The van der Waals surface area contributed by atoms with E-state index in [1.165, 1.54) is 0 Å². The average molecular weight is 861 g/mol. The van der Waals surface area contributed by atoms with Crippen molar-refractivity contribution in [1.82, 2.24) is 9.97 Å². The molecule has 0 saturated carbocycles.